The van der Waals surface area contributed by atoms with Gasteiger partial charge in [0.2, 0.25) is 0 Å². The van der Waals surface area contributed by atoms with Crippen LogP contribution < -0.4 is 10.5 Å². The minimum atomic E-state index is -2.80. The Morgan fingerprint density at radius 1 is 1.36 bits per heavy atom. The number of para-hydroxylation sites is 1. The van der Waals surface area contributed by atoms with Crippen molar-refractivity contribution in [2.75, 3.05) is 0 Å². The van der Waals surface area contributed by atoms with Gasteiger partial charge in [-0.1, -0.05) is 25.1 Å². The average molecular weight is 201 g/mol. The summed E-state index contributed by atoms with van der Waals surface area (Å²) in [7, 11) is 0. The minimum Gasteiger partial charge on any atom is -0.434 e. The Bertz CT molecular complexity index is 280. The summed E-state index contributed by atoms with van der Waals surface area (Å²) in [5, 5.41) is 0. The van der Waals surface area contributed by atoms with Crippen molar-refractivity contribution in [3.05, 3.63) is 29.3 Å². The van der Waals surface area contributed by atoms with Crippen LogP contribution in [0.1, 0.15) is 18.1 Å². The molecule has 0 aromatic heterocycles. The first-order valence-corrected chi connectivity index (χ1v) is 4.44. The maximum atomic E-state index is 12.1. The maximum Gasteiger partial charge on any atom is 0.387 e. The highest BCUT2D eigenvalue weighted by Crippen LogP contribution is 2.25. The van der Waals surface area contributed by atoms with Crippen LogP contribution in [0, 0.1) is 0 Å². The van der Waals surface area contributed by atoms with E-state index in [9.17, 15) is 8.78 Å². The predicted octanol–water partition coefficient (Wildman–Crippen LogP) is 2.31. The molecular weight excluding hydrogens is 188 g/mol. The van der Waals surface area contributed by atoms with Crippen molar-refractivity contribution < 1.29 is 13.5 Å². The Kier molecular flexibility index (Phi) is 3.83. The van der Waals surface area contributed by atoms with Gasteiger partial charge in [-0.2, -0.15) is 8.78 Å². The number of hydrogen-bond acceptors (Lipinski definition) is 2. The second kappa shape index (κ2) is 4.91. The highest BCUT2D eigenvalue weighted by Gasteiger charge is 2.12. The molecule has 0 aliphatic heterocycles. The quantitative estimate of drug-likeness (QED) is 0.811. The number of halogens is 2. The zero-order valence-electron chi connectivity index (χ0n) is 7.97. The molecule has 0 amide bonds. The van der Waals surface area contributed by atoms with Crippen molar-refractivity contribution in [1.82, 2.24) is 0 Å². The first-order chi connectivity index (χ1) is 6.69. The fraction of sp³-hybridized carbons (Fsp3) is 0.400. The van der Waals surface area contributed by atoms with Crippen molar-refractivity contribution in [3.8, 4) is 5.75 Å². The molecule has 0 saturated carbocycles. The maximum absolute atomic E-state index is 12.1. The number of benzene rings is 1. The van der Waals surface area contributed by atoms with Crippen molar-refractivity contribution >= 4 is 0 Å². The van der Waals surface area contributed by atoms with Gasteiger partial charge in [0.05, 0.1) is 0 Å². The third kappa shape index (κ3) is 2.42. The highest BCUT2D eigenvalue weighted by molar-refractivity contribution is 5.41. The lowest BCUT2D eigenvalue weighted by atomic mass is 10.1. The third-order valence-corrected chi connectivity index (χ3v) is 1.99. The Hall–Kier alpha value is -1.16. The number of rotatable bonds is 4. The summed E-state index contributed by atoms with van der Waals surface area (Å²) < 4.78 is 28.6. The molecule has 0 radical (unpaired) electrons. The number of ether oxygens (including phenoxy) is 1. The fourth-order valence-electron chi connectivity index (χ4n) is 1.32. The standard InChI is InChI=1S/C10H13F2NO/c1-2-7-4-3-5-8(6-13)9(7)14-10(11)12/h3-5,10H,2,6,13H2,1H3. The molecule has 1 aromatic carbocycles. The molecule has 1 aromatic rings. The van der Waals surface area contributed by atoms with Crippen LogP contribution in [-0.4, -0.2) is 6.61 Å². The van der Waals surface area contributed by atoms with E-state index < -0.39 is 6.61 Å². The zero-order valence-corrected chi connectivity index (χ0v) is 7.97. The lowest BCUT2D eigenvalue weighted by Gasteiger charge is -2.13. The summed E-state index contributed by atoms with van der Waals surface area (Å²) in [4.78, 5) is 0. The van der Waals surface area contributed by atoms with Gasteiger partial charge in [0.15, 0.2) is 0 Å². The van der Waals surface area contributed by atoms with Gasteiger partial charge < -0.3 is 10.5 Å². The third-order valence-electron chi connectivity index (χ3n) is 1.99. The molecule has 0 fully saturated rings. The summed E-state index contributed by atoms with van der Waals surface area (Å²) in [6.45, 7) is -0.711. The highest BCUT2D eigenvalue weighted by atomic mass is 19.3. The number of aryl methyl sites for hydroxylation is 1. The zero-order chi connectivity index (χ0) is 10.6. The van der Waals surface area contributed by atoms with Crippen LogP contribution >= 0.6 is 0 Å². The van der Waals surface area contributed by atoms with Crippen molar-refractivity contribution in [3.63, 3.8) is 0 Å². The van der Waals surface area contributed by atoms with Crippen LogP contribution in [0.5, 0.6) is 5.75 Å². The molecule has 14 heavy (non-hydrogen) atoms. The molecule has 0 aliphatic rings. The van der Waals surface area contributed by atoms with Gasteiger partial charge >= 0.3 is 6.61 Å². The smallest absolute Gasteiger partial charge is 0.387 e. The lowest BCUT2D eigenvalue weighted by Crippen LogP contribution is -2.09. The molecule has 0 bridgehead atoms. The van der Waals surface area contributed by atoms with Gasteiger partial charge in [0.1, 0.15) is 5.75 Å². The van der Waals surface area contributed by atoms with Crippen molar-refractivity contribution in [2.24, 2.45) is 5.73 Å². The second-order valence-electron chi connectivity index (χ2n) is 2.84. The molecule has 0 atom stereocenters. The predicted molar refractivity (Wildman–Crippen MR) is 50.3 cm³/mol. The Labute approximate surface area is 81.7 Å². The van der Waals surface area contributed by atoms with E-state index in [1.165, 1.54) is 0 Å². The van der Waals surface area contributed by atoms with Crippen LogP contribution in [0.3, 0.4) is 0 Å². The fourth-order valence-corrected chi connectivity index (χ4v) is 1.32. The van der Waals surface area contributed by atoms with Crippen LogP contribution in [-0.2, 0) is 13.0 Å². The molecule has 2 N–H and O–H groups in total. The topological polar surface area (TPSA) is 35.2 Å². The van der Waals surface area contributed by atoms with Crippen LogP contribution in [0.15, 0.2) is 18.2 Å². The van der Waals surface area contributed by atoms with E-state index in [1.807, 2.05) is 6.92 Å². The molecule has 78 valence electrons. The summed E-state index contributed by atoms with van der Waals surface area (Å²) in [5.41, 5.74) is 6.80. The monoisotopic (exact) mass is 201 g/mol. The van der Waals surface area contributed by atoms with E-state index in [0.717, 1.165) is 5.56 Å². The number of hydrogen-bond donors (Lipinski definition) is 1. The molecule has 2 nitrogen and oxygen atoms in total. The van der Waals surface area contributed by atoms with Gasteiger partial charge in [-0.15, -0.1) is 0 Å². The van der Waals surface area contributed by atoms with E-state index in [-0.39, 0.29) is 12.3 Å². The largest absolute Gasteiger partial charge is 0.434 e. The first-order valence-electron chi connectivity index (χ1n) is 4.44. The minimum absolute atomic E-state index is 0.204. The van der Waals surface area contributed by atoms with Crippen molar-refractivity contribution in [1.29, 1.82) is 0 Å². The van der Waals surface area contributed by atoms with E-state index >= 15 is 0 Å². The normalized spacial score (nSPS) is 10.6. The molecule has 0 saturated heterocycles. The lowest BCUT2D eigenvalue weighted by molar-refractivity contribution is -0.0510. The summed E-state index contributed by atoms with van der Waals surface area (Å²) in [6.07, 6.45) is 0.649. The Morgan fingerprint density at radius 3 is 2.50 bits per heavy atom. The van der Waals surface area contributed by atoms with E-state index in [2.05, 4.69) is 4.74 Å². The van der Waals surface area contributed by atoms with E-state index in [0.29, 0.717) is 12.0 Å². The molecule has 0 unspecified atom stereocenters. The van der Waals surface area contributed by atoms with E-state index in [1.54, 1.807) is 18.2 Å². The Morgan fingerprint density at radius 2 is 2.00 bits per heavy atom. The summed E-state index contributed by atoms with van der Waals surface area (Å²) >= 11 is 0. The first kappa shape index (κ1) is 10.9. The Balaban J connectivity index is 3.05. The molecule has 0 heterocycles. The van der Waals surface area contributed by atoms with Gasteiger partial charge in [-0.25, -0.2) is 0 Å². The van der Waals surface area contributed by atoms with Gasteiger partial charge in [-0.05, 0) is 12.0 Å². The molecular formula is C10H13F2NO. The number of alkyl halides is 2. The summed E-state index contributed by atoms with van der Waals surface area (Å²) in [6, 6.07) is 5.24. The van der Waals surface area contributed by atoms with Crippen LogP contribution in [0.25, 0.3) is 0 Å². The molecule has 1 rings (SSSR count). The van der Waals surface area contributed by atoms with Gasteiger partial charge in [0, 0.05) is 12.1 Å². The second-order valence-corrected chi connectivity index (χ2v) is 2.84. The van der Waals surface area contributed by atoms with Gasteiger partial charge in [0.25, 0.3) is 0 Å². The van der Waals surface area contributed by atoms with Crippen LogP contribution in [0.4, 0.5) is 8.78 Å². The SMILES string of the molecule is CCc1cccc(CN)c1OC(F)F. The van der Waals surface area contributed by atoms with E-state index in [4.69, 9.17) is 5.73 Å². The summed E-state index contributed by atoms with van der Waals surface area (Å²) in [5.74, 6) is 0.229. The van der Waals surface area contributed by atoms with Crippen LogP contribution in [0.2, 0.25) is 0 Å². The van der Waals surface area contributed by atoms with Gasteiger partial charge in [-0.3, -0.25) is 0 Å². The molecule has 4 heteroatoms. The molecule has 0 aliphatic carbocycles. The number of nitrogens with two attached hydrogens (primary N) is 1. The van der Waals surface area contributed by atoms with Crippen molar-refractivity contribution in [2.45, 2.75) is 26.5 Å². The molecule has 0 spiro atoms. The average Bonchev–Trinajstić information content (AvgIpc) is 2.17.